The summed E-state index contributed by atoms with van der Waals surface area (Å²) < 4.78 is 5.12. The van der Waals surface area contributed by atoms with Crippen LogP contribution >= 0.6 is 0 Å². The van der Waals surface area contributed by atoms with Crippen LogP contribution in [0.5, 0.6) is 5.75 Å². The highest BCUT2D eigenvalue weighted by molar-refractivity contribution is 5.87. The number of methoxy groups -OCH3 is 1. The summed E-state index contributed by atoms with van der Waals surface area (Å²) in [6.45, 7) is 0. The third-order valence-electron chi connectivity index (χ3n) is 3.29. The van der Waals surface area contributed by atoms with Crippen LogP contribution in [0.1, 0.15) is 37.7 Å². The fourth-order valence-electron chi connectivity index (χ4n) is 2.21. The van der Waals surface area contributed by atoms with E-state index in [1.807, 2.05) is 24.4 Å². The lowest BCUT2D eigenvalue weighted by Crippen LogP contribution is -2.09. The summed E-state index contributed by atoms with van der Waals surface area (Å²) in [6, 6.07) is 6.20. The van der Waals surface area contributed by atoms with Crippen LogP contribution in [0.25, 0.3) is 0 Å². The first-order valence-corrected chi connectivity index (χ1v) is 6.26. The van der Waals surface area contributed by atoms with Crippen LogP contribution < -0.4 is 10.5 Å². The Balaban J connectivity index is 2.04. The first-order chi connectivity index (χ1) is 8.29. The highest BCUT2D eigenvalue weighted by Gasteiger charge is 2.10. The van der Waals surface area contributed by atoms with Gasteiger partial charge in [0.25, 0.3) is 0 Å². The molecule has 17 heavy (non-hydrogen) atoms. The largest absolute Gasteiger partial charge is 0.497 e. The van der Waals surface area contributed by atoms with E-state index in [-0.39, 0.29) is 0 Å². The van der Waals surface area contributed by atoms with Gasteiger partial charge in [-0.3, -0.25) is 4.99 Å². The third-order valence-corrected chi connectivity index (χ3v) is 3.29. The standard InChI is InChI=1S/C14H20N2O/c1-17-13-8-7-11(14(15)9-13)10-16-12-5-3-2-4-6-12/h7-10,12H,2-6,15H2,1H3. The van der Waals surface area contributed by atoms with Crippen LogP contribution in [0.15, 0.2) is 23.2 Å². The molecule has 1 saturated carbocycles. The molecular formula is C14H20N2O. The quantitative estimate of drug-likeness (QED) is 0.643. The summed E-state index contributed by atoms with van der Waals surface area (Å²) in [5.41, 5.74) is 7.65. The molecule has 0 unspecified atom stereocenters. The van der Waals surface area contributed by atoms with Crippen molar-refractivity contribution in [2.24, 2.45) is 4.99 Å². The summed E-state index contributed by atoms with van der Waals surface area (Å²) in [5.74, 6) is 0.789. The van der Waals surface area contributed by atoms with Gasteiger partial charge in [-0.25, -0.2) is 0 Å². The summed E-state index contributed by atoms with van der Waals surface area (Å²) in [7, 11) is 1.64. The molecule has 3 heteroatoms. The van der Waals surface area contributed by atoms with Crippen LogP contribution in [0.3, 0.4) is 0 Å². The predicted molar refractivity (Wildman–Crippen MR) is 71.9 cm³/mol. The smallest absolute Gasteiger partial charge is 0.120 e. The summed E-state index contributed by atoms with van der Waals surface area (Å²) in [5, 5.41) is 0. The predicted octanol–water partition coefficient (Wildman–Crippen LogP) is 3.03. The zero-order chi connectivity index (χ0) is 12.1. The zero-order valence-corrected chi connectivity index (χ0v) is 10.4. The van der Waals surface area contributed by atoms with Crippen LogP contribution in [0.4, 0.5) is 5.69 Å². The van der Waals surface area contributed by atoms with Gasteiger partial charge in [0.15, 0.2) is 0 Å². The molecule has 0 atom stereocenters. The maximum absolute atomic E-state index is 5.94. The van der Waals surface area contributed by atoms with Crippen LogP contribution in [0, 0.1) is 0 Å². The van der Waals surface area contributed by atoms with Gasteiger partial charge >= 0.3 is 0 Å². The monoisotopic (exact) mass is 232 g/mol. The molecule has 1 fully saturated rings. The van der Waals surface area contributed by atoms with E-state index in [0.717, 1.165) is 17.0 Å². The number of benzene rings is 1. The van der Waals surface area contributed by atoms with Gasteiger partial charge in [-0.05, 0) is 25.0 Å². The highest BCUT2D eigenvalue weighted by Crippen LogP contribution is 2.22. The Hall–Kier alpha value is -1.51. The maximum Gasteiger partial charge on any atom is 0.120 e. The van der Waals surface area contributed by atoms with E-state index < -0.39 is 0 Å². The number of aliphatic imine (C=N–C) groups is 1. The fraction of sp³-hybridized carbons (Fsp3) is 0.500. The van der Waals surface area contributed by atoms with Gasteiger partial charge in [0, 0.05) is 29.6 Å². The SMILES string of the molecule is COc1ccc(C=NC2CCCCC2)c(N)c1. The number of anilines is 1. The van der Waals surface area contributed by atoms with E-state index in [1.165, 1.54) is 32.1 Å². The van der Waals surface area contributed by atoms with E-state index in [2.05, 4.69) is 4.99 Å². The Morgan fingerprint density at radius 1 is 1.29 bits per heavy atom. The molecule has 0 heterocycles. The van der Waals surface area contributed by atoms with Crippen molar-refractivity contribution in [3.8, 4) is 5.75 Å². The second kappa shape index (κ2) is 5.71. The number of nitrogens with zero attached hydrogens (tertiary/aromatic N) is 1. The minimum absolute atomic E-state index is 0.491. The number of hydrogen-bond donors (Lipinski definition) is 1. The summed E-state index contributed by atoms with van der Waals surface area (Å²) >= 11 is 0. The van der Waals surface area contributed by atoms with Crippen molar-refractivity contribution in [2.45, 2.75) is 38.1 Å². The van der Waals surface area contributed by atoms with Gasteiger partial charge in [-0.1, -0.05) is 19.3 Å². The topological polar surface area (TPSA) is 47.6 Å². The van der Waals surface area contributed by atoms with Crippen molar-refractivity contribution in [3.63, 3.8) is 0 Å². The van der Waals surface area contributed by atoms with Crippen LogP contribution in [-0.2, 0) is 0 Å². The molecule has 3 nitrogen and oxygen atoms in total. The van der Waals surface area contributed by atoms with E-state index in [0.29, 0.717) is 6.04 Å². The minimum atomic E-state index is 0.491. The molecule has 0 aliphatic heterocycles. The Labute approximate surface area is 103 Å². The molecule has 2 N–H and O–H groups in total. The van der Waals surface area contributed by atoms with Crippen molar-refractivity contribution in [2.75, 3.05) is 12.8 Å². The Bertz CT molecular complexity index is 395. The van der Waals surface area contributed by atoms with Gasteiger partial charge in [0.05, 0.1) is 7.11 Å². The molecule has 0 spiro atoms. The molecule has 0 radical (unpaired) electrons. The Morgan fingerprint density at radius 2 is 2.06 bits per heavy atom. The second-order valence-corrected chi connectivity index (χ2v) is 4.56. The normalized spacial score (nSPS) is 17.5. The van der Waals surface area contributed by atoms with Crippen molar-refractivity contribution >= 4 is 11.9 Å². The van der Waals surface area contributed by atoms with Gasteiger partial charge in [-0.15, -0.1) is 0 Å². The first-order valence-electron chi connectivity index (χ1n) is 6.26. The lowest BCUT2D eigenvalue weighted by Gasteiger charge is -2.17. The fourth-order valence-corrected chi connectivity index (χ4v) is 2.21. The van der Waals surface area contributed by atoms with Crippen molar-refractivity contribution in [1.29, 1.82) is 0 Å². The molecule has 0 amide bonds. The lowest BCUT2D eigenvalue weighted by molar-refractivity contribution is 0.415. The molecule has 1 aliphatic carbocycles. The first kappa shape index (κ1) is 12.0. The number of rotatable bonds is 3. The number of ether oxygens (including phenoxy) is 1. The molecule has 1 aromatic rings. The number of hydrogen-bond acceptors (Lipinski definition) is 3. The number of nitrogens with two attached hydrogens (primary N) is 1. The molecular weight excluding hydrogens is 212 g/mol. The maximum atomic E-state index is 5.94. The van der Waals surface area contributed by atoms with E-state index >= 15 is 0 Å². The molecule has 0 bridgehead atoms. The molecule has 92 valence electrons. The second-order valence-electron chi connectivity index (χ2n) is 4.56. The molecule has 0 aromatic heterocycles. The van der Waals surface area contributed by atoms with E-state index in [9.17, 15) is 0 Å². The van der Waals surface area contributed by atoms with Crippen molar-refractivity contribution in [1.82, 2.24) is 0 Å². The van der Waals surface area contributed by atoms with Gasteiger partial charge in [0.2, 0.25) is 0 Å². The summed E-state index contributed by atoms with van der Waals surface area (Å²) in [4.78, 5) is 4.62. The zero-order valence-electron chi connectivity index (χ0n) is 10.4. The highest BCUT2D eigenvalue weighted by atomic mass is 16.5. The van der Waals surface area contributed by atoms with Crippen LogP contribution in [-0.4, -0.2) is 19.4 Å². The Morgan fingerprint density at radius 3 is 2.71 bits per heavy atom. The minimum Gasteiger partial charge on any atom is -0.497 e. The summed E-state index contributed by atoms with van der Waals surface area (Å²) in [6.07, 6.45) is 8.31. The average Bonchev–Trinajstić information content (AvgIpc) is 2.38. The molecule has 0 saturated heterocycles. The molecule has 1 aromatic carbocycles. The average molecular weight is 232 g/mol. The number of nitrogen functional groups attached to an aromatic ring is 1. The Kier molecular flexibility index (Phi) is 4.02. The van der Waals surface area contributed by atoms with E-state index in [4.69, 9.17) is 10.5 Å². The molecule has 2 rings (SSSR count). The van der Waals surface area contributed by atoms with Gasteiger partial charge in [-0.2, -0.15) is 0 Å². The third kappa shape index (κ3) is 3.22. The van der Waals surface area contributed by atoms with Crippen molar-refractivity contribution < 1.29 is 4.74 Å². The van der Waals surface area contributed by atoms with Gasteiger partial charge in [0.1, 0.15) is 5.75 Å². The van der Waals surface area contributed by atoms with Crippen LogP contribution in [0.2, 0.25) is 0 Å². The van der Waals surface area contributed by atoms with Crippen molar-refractivity contribution in [3.05, 3.63) is 23.8 Å². The lowest BCUT2D eigenvalue weighted by atomic mass is 9.96. The molecule has 1 aliphatic rings. The van der Waals surface area contributed by atoms with E-state index in [1.54, 1.807) is 7.11 Å². The van der Waals surface area contributed by atoms with Gasteiger partial charge < -0.3 is 10.5 Å².